The zero-order valence-electron chi connectivity index (χ0n) is 14.1. The first-order valence-corrected chi connectivity index (χ1v) is 8.52. The largest absolute Gasteiger partial charge is 0.354 e. The molecule has 0 saturated carbocycles. The number of aromatic nitrogens is 4. The fourth-order valence-corrected chi connectivity index (χ4v) is 3.17. The summed E-state index contributed by atoms with van der Waals surface area (Å²) in [4.78, 5) is 26.9. The third-order valence-corrected chi connectivity index (χ3v) is 4.42. The first-order chi connectivity index (χ1) is 11.7. The number of imidazole rings is 1. The molecule has 128 valence electrons. The monoisotopic (exact) mass is 328 g/mol. The van der Waals surface area contributed by atoms with E-state index in [1.165, 1.54) is 0 Å². The van der Waals surface area contributed by atoms with Gasteiger partial charge in [0.05, 0.1) is 6.04 Å². The fraction of sp³-hybridized carbons (Fsp3) is 0.529. The topological polar surface area (TPSA) is 75.9 Å². The van der Waals surface area contributed by atoms with Crippen LogP contribution < -0.4 is 5.32 Å². The Hall–Kier alpha value is -2.44. The van der Waals surface area contributed by atoms with Crippen molar-refractivity contribution < 1.29 is 4.79 Å². The Bertz CT molecular complexity index is 656. The summed E-state index contributed by atoms with van der Waals surface area (Å²) in [6.07, 6.45) is 10.7. The van der Waals surface area contributed by atoms with E-state index in [2.05, 4.69) is 24.8 Å². The molecule has 24 heavy (non-hydrogen) atoms. The van der Waals surface area contributed by atoms with E-state index in [0.29, 0.717) is 25.0 Å². The number of nitrogens with zero attached hydrogens (tertiary/aromatic N) is 5. The normalized spacial score (nSPS) is 17.7. The molecular weight excluding hydrogens is 304 g/mol. The van der Waals surface area contributed by atoms with Crippen molar-refractivity contribution in [1.29, 1.82) is 0 Å². The van der Waals surface area contributed by atoms with Crippen LogP contribution in [-0.4, -0.2) is 50.0 Å². The molecule has 0 bridgehead atoms. The first kappa shape index (κ1) is 16.4. The van der Waals surface area contributed by atoms with Gasteiger partial charge in [0.2, 0.25) is 11.9 Å². The summed E-state index contributed by atoms with van der Waals surface area (Å²) >= 11 is 0. The maximum absolute atomic E-state index is 12.5. The van der Waals surface area contributed by atoms with Gasteiger partial charge in [0, 0.05) is 50.8 Å². The van der Waals surface area contributed by atoms with Crippen molar-refractivity contribution in [1.82, 2.24) is 24.4 Å². The summed E-state index contributed by atoms with van der Waals surface area (Å²) in [6.45, 7) is 4.36. The van der Waals surface area contributed by atoms with E-state index in [1.54, 1.807) is 18.5 Å². The highest BCUT2D eigenvalue weighted by Gasteiger charge is 2.24. The summed E-state index contributed by atoms with van der Waals surface area (Å²) in [6, 6.07) is 2.13. The van der Waals surface area contributed by atoms with Gasteiger partial charge in [-0.1, -0.05) is 0 Å². The molecule has 1 N–H and O–H groups in total. The van der Waals surface area contributed by atoms with Crippen LogP contribution in [0.2, 0.25) is 0 Å². The lowest BCUT2D eigenvalue weighted by Crippen LogP contribution is -2.40. The molecule has 0 unspecified atom stereocenters. The van der Waals surface area contributed by atoms with E-state index in [1.807, 2.05) is 24.2 Å². The summed E-state index contributed by atoms with van der Waals surface area (Å²) in [5, 5.41) is 3.14. The highest BCUT2D eigenvalue weighted by molar-refractivity contribution is 5.76. The van der Waals surface area contributed by atoms with Gasteiger partial charge >= 0.3 is 0 Å². The lowest BCUT2D eigenvalue weighted by atomic mass is 10.0. The number of likely N-dealkylation sites (tertiary alicyclic amines) is 1. The predicted octanol–water partition coefficient (Wildman–Crippen LogP) is 2.04. The molecule has 7 nitrogen and oxygen atoms in total. The summed E-state index contributed by atoms with van der Waals surface area (Å²) in [5.74, 6) is 1.85. The molecule has 1 saturated heterocycles. The van der Waals surface area contributed by atoms with E-state index in [-0.39, 0.29) is 5.91 Å². The van der Waals surface area contributed by atoms with Crippen molar-refractivity contribution in [2.45, 2.75) is 38.6 Å². The number of hydrogen-bond donors (Lipinski definition) is 1. The average molecular weight is 328 g/mol. The Morgan fingerprint density at radius 1 is 1.29 bits per heavy atom. The maximum atomic E-state index is 12.5. The predicted molar refractivity (Wildman–Crippen MR) is 91.6 cm³/mol. The van der Waals surface area contributed by atoms with Gasteiger partial charge in [-0.2, -0.15) is 0 Å². The van der Waals surface area contributed by atoms with E-state index < -0.39 is 0 Å². The van der Waals surface area contributed by atoms with Gasteiger partial charge in [0.25, 0.3) is 0 Å². The Balaban J connectivity index is 1.44. The third kappa shape index (κ3) is 4.10. The molecule has 0 spiro atoms. The highest BCUT2D eigenvalue weighted by Crippen LogP contribution is 2.23. The van der Waals surface area contributed by atoms with Crippen molar-refractivity contribution in [2.24, 2.45) is 0 Å². The Morgan fingerprint density at radius 3 is 2.88 bits per heavy atom. The Labute approximate surface area is 142 Å². The molecule has 2 aromatic rings. The minimum Gasteiger partial charge on any atom is -0.354 e. The quantitative estimate of drug-likeness (QED) is 0.821. The number of aryl methyl sites for hydroxylation is 1. The minimum absolute atomic E-state index is 0.230. The molecule has 1 aliphatic rings. The van der Waals surface area contributed by atoms with Crippen LogP contribution in [0.5, 0.6) is 0 Å². The Morgan fingerprint density at radius 2 is 2.12 bits per heavy atom. The van der Waals surface area contributed by atoms with Gasteiger partial charge < -0.3 is 14.8 Å². The lowest BCUT2D eigenvalue weighted by molar-refractivity contribution is -0.132. The molecule has 2 aromatic heterocycles. The molecule has 1 amide bonds. The maximum Gasteiger partial charge on any atom is 0.222 e. The van der Waals surface area contributed by atoms with Gasteiger partial charge in [0.1, 0.15) is 5.82 Å². The van der Waals surface area contributed by atoms with Crippen molar-refractivity contribution in [3.63, 3.8) is 0 Å². The van der Waals surface area contributed by atoms with E-state index in [4.69, 9.17) is 0 Å². The highest BCUT2D eigenvalue weighted by atomic mass is 16.2. The zero-order chi connectivity index (χ0) is 16.8. The van der Waals surface area contributed by atoms with Crippen molar-refractivity contribution >= 4 is 11.9 Å². The second-order valence-corrected chi connectivity index (χ2v) is 6.12. The number of carbonyl (C=O) groups excluding carboxylic acids is 1. The van der Waals surface area contributed by atoms with Crippen LogP contribution in [-0.2, 0) is 4.79 Å². The number of hydrogen-bond acceptors (Lipinski definition) is 5. The molecule has 1 atom stereocenters. The second-order valence-electron chi connectivity index (χ2n) is 6.12. The standard InChI is InChI=1S/C17H24N6O/c1-14-18-10-12-23(14)15-5-3-11-22(13-15)16(24)6-2-7-19-17-20-8-4-9-21-17/h4,8-10,12,15H,2-3,5-7,11,13H2,1H3,(H,19,20,21)/t15-/m0/s1. The number of piperidine rings is 1. The van der Waals surface area contributed by atoms with Crippen LogP contribution >= 0.6 is 0 Å². The molecule has 3 rings (SSSR count). The molecule has 1 fully saturated rings. The molecule has 7 heteroatoms. The SMILES string of the molecule is Cc1nccn1[C@H]1CCCN(C(=O)CCCNc2ncccn2)C1. The van der Waals surface area contributed by atoms with E-state index in [9.17, 15) is 4.79 Å². The molecule has 0 aromatic carbocycles. The number of carbonyl (C=O) groups is 1. The van der Waals surface area contributed by atoms with Gasteiger partial charge in [0.15, 0.2) is 0 Å². The van der Waals surface area contributed by atoms with Crippen molar-refractivity contribution in [3.8, 4) is 0 Å². The number of rotatable bonds is 6. The molecule has 3 heterocycles. The zero-order valence-corrected chi connectivity index (χ0v) is 14.1. The summed E-state index contributed by atoms with van der Waals surface area (Å²) in [7, 11) is 0. The number of nitrogens with one attached hydrogen (secondary N) is 1. The van der Waals surface area contributed by atoms with Crippen molar-refractivity contribution in [3.05, 3.63) is 36.7 Å². The number of amides is 1. The van der Waals surface area contributed by atoms with Crippen LogP contribution in [0.15, 0.2) is 30.9 Å². The van der Waals surface area contributed by atoms with Gasteiger partial charge in [-0.3, -0.25) is 4.79 Å². The van der Waals surface area contributed by atoms with E-state index >= 15 is 0 Å². The molecular formula is C17H24N6O. The fourth-order valence-electron chi connectivity index (χ4n) is 3.17. The van der Waals surface area contributed by atoms with Gasteiger partial charge in [-0.15, -0.1) is 0 Å². The van der Waals surface area contributed by atoms with Crippen LogP contribution in [0.4, 0.5) is 5.95 Å². The third-order valence-electron chi connectivity index (χ3n) is 4.42. The summed E-state index contributed by atoms with van der Waals surface area (Å²) < 4.78 is 2.19. The molecule has 0 aliphatic carbocycles. The smallest absolute Gasteiger partial charge is 0.222 e. The van der Waals surface area contributed by atoms with Crippen LogP contribution in [0, 0.1) is 6.92 Å². The van der Waals surface area contributed by atoms with Gasteiger partial charge in [-0.05, 0) is 32.3 Å². The molecule has 0 radical (unpaired) electrons. The van der Waals surface area contributed by atoms with Crippen molar-refractivity contribution in [2.75, 3.05) is 25.0 Å². The van der Waals surface area contributed by atoms with Crippen LogP contribution in [0.1, 0.15) is 37.5 Å². The van der Waals surface area contributed by atoms with Crippen LogP contribution in [0.25, 0.3) is 0 Å². The molecule has 1 aliphatic heterocycles. The minimum atomic E-state index is 0.230. The average Bonchev–Trinajstić information content (AvgIpc) is 3.05. The summed E-state index contributed by atoms with van der Waals surface area (Å²) in [5.41, 5.74) is 0. The number of anilines is 1. The first-order valence-electron chi connectivity index (χ1n) is 8.52. The Kier molecular flexibility index (Phi) is 5.40. The second kappa shape index (κ2) is 7.90. The van der Waals surface area contributed by atoms with Crippen LogP contribution in [0.3, 0.4) is 0 Å². The lowest BCUT2D eigenvalue weighted by Gasteiger charge is -2.34. The van der Waals surface area contributed by atoms with E-state index in [0.717, 1.165) is 38.2 Å². The van der Waals surface area contributed by atoms with Gasteiger partial charge in [-0.25, -0.2) is 15.0 Å².